The van der Waals surface area contributed by atoms with Gasteiger partial charge in [0.05, 0.1) is 0 Å². The van der Waals surface area contributed by atoms with E-state index >= 15 is 0 Å². The van der Waals surface area contributed by atoms with E-state index in [0.29, 0.717) is 0 Å². The van der Waals surface area contributed by atoms with Gasteiger partial charge in [-0.3, -0.25) is 0 Å². The standard InChI is InChI=1S/C17H24O3/c1-16(2,3)12-17(4,5)20-14-9-6-13(7-10-14)8-11-15(18)19/h6-11H,12H2,1-5H3,(H,18,19)/b11-8+. The molecule has 0 radical (unpaired) electrons. The predicted octanol–water partition coefficient (Wildman–Crippen LogP) is 4.38. The molecule has 1 N–H and O–H groups in total. The van der Waals surface area contributed by atoms with Gasteiger partial charge in [-0.05, 0) is 49.5 Å². The van der Waals surface area contributed by atoms with Crippen LogP contribution in [0.15, 0.2) is 30.3 Å². The summed E-state index contributed by atoms with van der Waals surface area (Å²) in [6.07, 6.45) is 3.63. The molecule has 1 aromatic carbocycles. The van der Waals surface area contributed by atoms with Crippen molar-refractivity contribution >= 4 is 12.0 Å². The van der Waals surface area contributed by atoms with Crippen LogP contribution in [0.4, 0.5) is 0 Å². The minimum Gasteiger partial charge on any atom is -0.488 e. The van der Waals surface area contributed by atoms with Crippen molar-refractivity contribution in [1.29, 1.82) is 0 Å². The molecule has 0 aliphatic heterocycles. The van der Waals surface area contributed by atoms with Crippen LogP contribution in [0.3, 0.4) is 0 Å². The summed E-state index contributed by atoms with van der Waals surface area (Å²) in [6, 6.07) is 7.43. The first kappa shape index (κ1) is 16.3. The number of hydrogen-bond donors (Lipinski definition) is 1. The largest absolute Gasteiger partial charge is 0.488 e. The number of carbonyl (C=O) groups is 1. The van der Waals surface area contributed by atoms with Gasteiger partial charge in [-0.15, -0.1) is 0 Å². The quantitative estimate of drug-likeness (QED) is 0.812. The van der Waals surface area contributed by atoms with Crippen LogP contribution in [0.2, 0.25) is 0 Å². The lowest BCUT2D eigenvalue weighted by Gasteiger charge is -2.33. The first-order chi connectivity index (χ1) is 9.07. The molecule has 0 saturated heterocycles. The summed E-state index contributed by atoms with van der Waals surface area (Å²) in [5.74, 6) is -0.150. The zero-order chi connectivity index (χ0) is 15.4. The van der Waals surface area contributed by atoms with Gasteiger partial charge in [0.2, 0.25) is 0 Å². The average molecular weight is 276 g/mol. The molecule has 0 aliphatic rings. The van der Waals surface area contributed by atoms with Gasteiger partial charge in [0.1, 0.15) is 11.4 Å². The summed E-state index contributed by atoms with van der Waals surface area (Å²) in [6.45, 7) is 10.7. The number of carboxylic acids is 1. The maximum Gasteiger partial charge on any atom is 0.328 e. The van der Waals surface area contributed by atoms with E-state index in [1.54, 1.807) is 6.08 Å². The Morgan fingerprint density at radius 2 is 1.70 bits per heavy atom. The first-order valence-electron chi connectivity index (χ1n) is 6.78. The summed E-state index contributed by atoms with van der Waals surface area (Å²) in [7, 11) is 0. The minimum absolute atomic E-state index is 0.202. The Kier molecular flexibility index (Phi) is 4.98. The van der Waals surface area contributed by atoms with E-state index in [1.807, 2.05) is 24.3 Å². The second-order valence-corrected chi connectivity index (χ2v) is 6.84. The third-order valence-corrected chi connectivity index (χ3v) is 2.65. The molecule has 0 amide bonds. The first-order valence-corrected chi connectivity index (χ1v) is 6.78. The Hall–Kier alpha value is -1.77. The zero-order valence-electron chi connectivity index (χ0n) is 12.9. The number of carboxylic acid groups (broad SMARTS) is 1. The molecule has 0 unspecified atom stereocenters. The third-order valence-electron chi connectivity index (χ3n) is 2.65. The fourth-order valence-corrected chi connectivity index (χ4v) is 2.45. The summed E-state index contributed by atoms with van der Waals surface area (Å²) < 4.78 is 6.02. The molecule has 1 rings (SSSR count). The van der Waals surface area contributed by atoms with Crippen molar-refractivity contribution in [2.45, 2.75) is 46.6 Å². The Balaban J connectivity index is 2.72. The van der Waals surface area contributed by atoms with Crippen LogP contribution in [-0.2, 0) is 4.79 Å². The molecule has 3 heteroatoms. The smallest absolute Gasteiger partial charge is 0.328 e. The predicted molar refractivity (Wildman–Crippen MR) is 81.9 cm³/mol. The molecule has 0 bridgehead atoms. The summed E-state index contributed by atoms with van der Waals surface area (Å²) in [5.41, 5.74) is 0.804. The van der Waals surface area contributed by atoms with Crippen molar-refractivity contribution in [1.82, 2.24) is 0 Å². The van der Waals surface area contributed by atoms with Crippen LogP contribution >= 0.6 is 0 Å². The molecule has 0 saturated carbocycles. The topological polar surface area (TPSA) is 46.5 Å². The van der Waals surface area contributed by atoms with Crippen LogP contribution in [0.1, 0.15) is 46.6 Å². The van der Waals surface area contributed by atoms with E-state index in [9.17, 15) is 4.79 Å². The van der Waals surface area contributed by atoms with E-state index in [1.165, 1.54) is 0 Å². The Morgan fingerprint density at radius 3 is 2.15 bits per heavy atom. The van der Waals surface area contributed by atoms with Gasteiger partial charge < -0.3 is 9.84 Å². The average Bonchev–Trinajstić information content (AvgIpc) is 2.24. The SMILES string of the molecule is CC(C)(C)CC(C)(C)Oc1ccc(/C=C/C(=O)O)cc1. The molecule has 20 heavy (non-hydrogen) atoms. The van der Waals surface area contributed by atoms with Crippen LogP contribution in [0, 0.1) is 5.41 Å². The molecule has 110 valence electrons. The fraction of sp³-hybridized carbons (Fsp3) is 0.471. The van der Waals surface area contributed by atoms with Crippen molar-refractivity contribution in [3.05, 3.63) is 35.9 Å². The van der Waals surface area contributed by atoms with Crippen molar-refractivity contribution in [3.63, 3.8) is 0 Å². The Morgan fingerprint density at radius 1 is 1.15 bits per heavy atom. The molecule has 1 aromatic rings. The molecule has 3 nitrogen and oxygen atoms in total. The highest BCUT2D eigenvalue weighted by molar-refractivity contribution is 5.85. The lowest BCUT2D eigenvalue weighted by atomic mass is 9.83. The van der Waals surface area contributed by atoms with Crippen LogP contribution in [-0.4, -0.2) is 16.7 Å². The van der Waals surface area contributed by atoms with E-state index in [-0.39, 0.29) is 11.0 Å². The van der Waals surface area contributed by atoms with Crippen LogP contribution in [0.5, 0.6) is 5.75 Å². The zero-order valence-corrected chi connectivity index (χ0v) is 12.9. The van der Waals surface area contributed by atoms with Crippen molar-refractivity contribution in [2.24, 2.45) is 5.41 Å². The number of hydrogen-bond acceptors (Lipinski definition) is 2. The highest BCUT2D eigenvalue weighted by Crippen LogP contribution is 2.30. The van der Waals surface area contributed by atoms with Crippen LogP contribution in [0.25, 0.3) is 6.08 Å². The van der Waals surface area contributed by atoms with Crippen molar-refractivity contribution in [3.8, 4) is 5.75 Å². The van der Waals surface area contributed by atoms with E-state index in [0.717, 1.165) is 23.8 Å². The number of aliphatic carboxylic acids is 1. The van der Waals surface area contributed by atoms with Gasteiger partial charge in [0.25, 0.3) is 0 Å². The molecular weight excluding hydrogens is 252 g/mol. The van der Waals surface area contributed by atoms with Gasteiger partial charge in [-0.2, -0.15) is 0 Å². The second-order valence-electron chi connectivity index (χ2n) is 6.84. The van der Waals surface area contributed by atoms with Crippen molar-refractivity contribution in [2.75, 3.05) is 0 Å². The molecular formula is C17H24O3. The summed E-state index contributed by atoms with van der Waals surface area (Å²) in [5, 5.41) is 8.58. The fourth-order valence-electron chi connectivity index (χ4n) is 2.45. The monoisotopic (exact) mass is 276 g/mol. The normalized spacial score (nSPS) is 12.7. The van der Waals surface area contributed by atoms with Gasteiger partial charge in [0.15, 0.2) is 0 Å². The van der Waals surface area contributed by atoms with E-state index in [2.05, 4.69) is 34.6 Å². The highest BCUT2D eigenvalue weighted by atomic mass is 16.5. The molecule has 0 aliphatic carbocycles. The lowest BCUT2D eigenvalue weighted by molar-refractivity contribution is -0.131. The van der Waals surface area contributed by atoms with E-state index in [4.69, 9.17) is 9.84 Å². The van der Waals surface area contributed by atoms with Crippen LogP contribution < -0.4 is 4.74 Å². The van der Waals surface area contributed by atoms with Gasteiger partial charge in [0, 0.05) is 6.08 Å². The van der Waals surface area contributed by atoms with Gasteiger partial charge >= 0.3 is 5.97 Å². The minimum atomic E-state index is -0.948. The van der Waals surface area contributed by atoms with E-state index < -0.39 is 5.97 Å². The number of ether oxygens (including phenoxy) is 1. The molecule has 0 aromatic heterocycles. The third kappa shape index (κ3) is 6.41. The molecule has 0 atom stereocenters. The summed E-state index contributed by atoms with van der Waals surface area (Å²) >= 11 is 0. The summed E-state index contributed by atoms with van der Waals surface area (Å²) in [4.78, 5) is 10.4. The molecule has 0 spiro atoms. The molecule has 0 fully saturated rings. The van der Waals surface area contributed by atoms with Gasteiger partial charge in [-0.25, -0.2) is 4.79 Å². The second kappa shape index (κ2) is 6.12. The maximum absolute atomic E-state index is 10.4. The number of rotatable bonds is 5. The molecule has 0 heterocycles. The maximum atomic E-state index is 10.4. The Labute approximate surface area is 121 Å². The van der Waals surface area contributed by atoms with Gasteiger partial charge in [-0.1, -0.05) is 32.9 Å². The lowest BCUT2D eigenvalue weighted by Crippen LogP contribution is -2.33. The van der Waals surface area contributed by atoms with Crippen molar-refractivity contribution < 1.29 is 14.6 Å². The Bertz CT molecular complexity index is 476. The number of benzene rings is 1. The highest BCUT2D eigenvalue weighted by Gasteiger charge is 2.27.